The second-order valence-corrected chi connectivity index (χ2v) is 6.42. The average Bonchev–Trinajstić information content (AvgIpc) is 3.30. The number of carbonyl (C=O) groups excluding carboxylic acids is 1. The van der Waals surface area contributed by atoms with Gasteiger partial charge in [-0.25, -0.2) is 4.79 Å². The summed E-state index contributed by atoms with van der Waals surface area (Å²) in [5.74, 6) is 2.23. The first-order valence-electron chi connectivity index (χ1n) is 8.80. The molecule has 1 aliphatic rings. The average molecular weight is 483 g/mol. The molecule has 1 saturated heterocycles. The van der Waals surface area contributed by atoms with Crippen LogP contribution < -0.4 is 5.32 Å². The lowest BCUT2D eigenvalue weighted by molar-refractivity contribution is 0.0599. The smallest absolute Gasteiger partial charge is 0.341 e. The third-order valence-electron chi connectivity index (χ3n) is 4.77. The lowest BCUT2D eigenvalue weighted by Crippen LogP contribution is -2.39. The largest absolute Gasteiger partial charge is 0.465 e. The molecule has 2 aromatic rings. The van der Waals surface area contributed by atoms with E-state index in [0.717, 1.165) is 25.5 Å². The van der Waals surface area contributed by atoms with E-state index in [0.29, 0.717) is 29.5 Å². The molecule has 27 heavy (non-hydrogen) atoms. The van der Waals surface area contributed by atoms with Gasteiger partial charge in [-0.15, -0.1) is 24.0 Å². The highest BCUT2D eigenvalue weighted by Crippen LogP contribution is 2.27. The summed E-state index contributed by atoms with van der Waals surface area (Å²) in [7, 11) is 3.15. The van der Waals surface area contributed by atoms with Crippen LogP contribution in [0.4, 0.5) is 0 Å². The zero-order valence-electron chi connectivity index (χ0n) is 15.9. The number of hydrogen-bond donors (Lipinski definition) is 1. The molecule has 3 rings (SSSR count). The van der Waals surface area contributed by atoms with E-state index in [9.17, 15) is 4.79 Å². The summed E-state index contributed by atoms with van der Waals surface area (Å²) < 4.78 is 10.4. The summed E-state index contributed by atoms with van der Waals surface area (Å²) in [5.41, 5.74) is 1.83. The predicted molar refractivity (Wildman–Crippen MR) is 116 cm³/mol. The summed E-state index contributed by atoms with van der Waals surface area (Å²) in [6.45, 7) is 4.13. The number of aryl methyl sites for hydroxylation is 1. The van der Waals surface area contributed by atoms with Crippen molar-refractivity contribution in [1.82, 2.24) is 10.2 Å². The lowest BCUT2D eigenvalue weighted by atomic mass is 9.99. The van der Waals surface area contributed by atoms with E-state index >= 15 is 0 Å². The highest BCUT2D eigenvalue weighted by Gasteiger charge is 2.26. The molecule has 1 aliphatic heterocycles. The number of carbonyl (C=O) groups is 1. The Morgan fingerprint density at radius 2 is 2.11 bits per heavy atom. The van der Waals surface area contributed by atoms with Gasteiger partial charge < -0.3 is 19.4 Å². The lowest BCUT2D eigenvalue weighted by Gasteiger charge is -2.21. The number of rotatable bonds is 4. The fourth-order valence-electron chi connectivity index (χ4n) is 3.39. The third kappa shape index (κ3) is 5.03. The molecule has 0 aliphatic carbocycles. The molecule has 1 atom stereocenters. The summed E-state index contributed by atoms with van der Waals surface area (Å²) >= 11 is 0. The third-order valence-corrected chi connectivity index (χ3v) is 4.77. The molecule has 1 aromatic heterocycles. The van der Waals surface area contributed by atoms with E-state index in [4.69, 9.17) is 9.15 Å². The minimum absolute atomic E-state index is 0. The van der Waals surface area contributed by atoms with Crippen LogP contribution in [0.15, 0.2) is 45.8 Å². The van der Waals surface area contributed by atoms with Crippen molar-refractivity contribution in [3.8, 4) is 0 Å². The zero-order chi connectivity index (χ0) is 18.5. The van der Waals surface area contributed by atoms with Crippen LogP contribution >= 0.6 is 24.0 Å². The first-order chi connectivity index (χ1) is 12.6. The maximum absolute atomic E-state index is 11.7. The van der Waals surface area contributed by atoms with Gasteiger partial charge in [0.2, 0.25) is 0 Å². The summed E-state index contributed by atoms with van der Waals surface area (Å²) in [6, 6.07) is 12.3. The quantitative estimate of drug-likeness (QED) is 0.312. The van der Waals surface area contributed by atoms with E-state index in [-0.39, 0.29) is 29.9 Å². The molecular weight excluding hydrogens is 457 g/mol. The minimum atomic E-state index is -0.382. The number of furan rings is 1. The molecule has 6 nitrogen and oxygen atoms in total. The predicted octanol–water partition coefficient (Wildman–Crippen LogP) is 3.56. The normalized spacial score (nSPS) is 16.8. The maximum atomic E-state index is 11.7. The molecule has 1 unspecified atom stereocenters. The Kier molecular flexibility index (Phi) is 7.70. The van der Waals surface area contributed by atoms with Gasteiger partial charge in [0, 0.05) is 26.1 Å². The standard InChI is InChI=1S/C20H25N3O3.HI/c1-14-18(19(24)25-3)11-17(26-14)12-22-20(21-2)23-10-9-16(13-23)15-7-5-4-6-8-15;/h4-8,11,16H,9-10,12-13H2,1-3H3,(H,21,22);1H. The summed E-state index contributed by atoms with van der Waals surface area (Å²) in [6.07, 6.45) is 1.11. The van der Waals surface area contributed by atoms with Gasteiger partial charge in [0.1, 0.15) is 17.1 Å². The molecule has 146 valence electrons. The van der Waals surface area contributed by atoms with Crippen molar-refractivity contribution in [2.75, 3.05) is 27.2 Å². The first-order valence-corrected chi connectivity index (χ1v) is 8.80. The van der Waals surface area contributed by atoms with Crippen LogP contribution in [0.1, 0.15) is 39.8 Å². The van der Waals surface area contributed by atoms with Crippen LogP contribution in [0, 0.1) is 6.92 Å². The molecule has 1 aromatic carbocycles. The maximum Gasteiger partial charge on any atom is 0.341 e. The van der Waals surface area contributed by atoms with Crippen molar-refractivity contribution < 1.29 is 13.9 Å². The minimum Gasteiger partial charge on any atom is -0.465 e. The number of likely N-dealkylation sites (tertiary alicyclic amines) is 1. The number of halogens is 1. The monoisotopic (exact) mass is 483 g/mol. The number of ether oxygens (including phenoxy) is 1. The van der Waals surface area contributed by atoms with Crippen LogP contribution in [0.5, 0.6) is 0 Å². The number of aliphatic imine (C=N–C) groups is 1. The second kappa shape index (κ2) is 9.77. The van der Waals surface area contributed by atoms with E-state index in [2.05, 4.69) is 39.5 Å². The van der Waals surface area contributed by atoms with Gasteiger partial charge in [-0.05, 0) is 25.0 Å². The van der Waals surface area contributed by atoms with Crippen molar-refractivity contribution in [2.45, 2.75) is 25.8 Å². The van der Waals surface area contributed by atoms with Gasteiger partial charge in [-0.1, -0.05) is 30.3 Å². The fourth-order valence-corrected chi connectivity index (χ4v) is 3.39. The van der Waals surface area contributed by atoms with Crippen LogP contribution in [-0.2, 0) is 11.3 Å². The highest BCUT2D eigenvalue weighted by atomic mass is 127. The van der Waals surface area contributed by atoms with Gasteiger partial charge in [0.05, 0.1) is 13.7 Å². The van der Waals surface area contributed by atoms with Gasteiger partial charge in [0.15, 0.2) is 5.96 Å². The molecule has 1 fully saturated rings. The first kappa shape index (κ1) is 21.3. The van der Waals surface area contributed by atoms with Crippen molar-refractivity contribution in [1.29, 1.82) is 0 Å². The fraction of sp³-hybridized carbons (Fsp3) is 0.400. The Morgan fingerprint density at radius 3 is 2.78 bits per heavy atom. The van der Waals surface area contributed by atoms with Crippen molar-refractivity contribution in [2.24, 2.45) is 4.99 Å². The Morgan fingerprint density at radius 1 is 1.37 bits per heavy atom. The molecule has 7 heteroatoms. The highest BCUT2D eigenvalue weighted by molar-refractivity contribution is 14.0. The Hall–Kier alpha value is -2.03. The van der Waals surface area contributed by atoms with E-state index in [1.807, 2.05) is 6.07 Å². The van der Waals surface area contributed by atoms with Crippen LogP contribution in [-0.4, -0.2) is 44.1 Å². The van der Waals surface area contributed by atoms with Crippen LogP contribution in [0.3, 0.4) is 0 Å². The topological polar surface area (TPSA) is 67.1 Å². The Balaban J connectivity index is 0.00000261. The molecule has 2 heterocycles. The Bertz CT molecular complexity index is 789. The number of methoxy groups -OCH3 is 1. The number of guanidine groups is 1. The van der Waals surface area contributed by atoms with Crippen molar-refractivity contribution in [3.63, 3.8) is 0 Å². The molecule has 0 bridgehead atoms. The van der Waals surface area contributed by atoms with E-state index in [1.165, 1.54) is 12.7 Å². The number of esters is 1. The van der Waals surface area contributed by atoms with E-state index in [1.54, 1.807) is 20.0 Å². The molecule has 0 amide bonds. The SMILES string of the molecule is CN=C(NCc1cc(C(=O)OC)c(C)o1)N1CCC(c2ccccc2)C1.I. The second-order valence-electron chi connectivity index (χ2n) is 6.42. The van der Waals surface area contributed by atoms with Crippen molar-refractivity contribution >= 4 is 35.9 Å². The van der Waals surface area contributed by atoms with Gasteiger partial charge in [0.25, 0.3) is 0 Å². The molecule has 1 N–H and O–H groups in total. The molecule has 0 radical (unpaired) electrons. The van der Waals surface area contributed by atoms with Crippen LogP contribution in [0.2, 0.25) is 0 Å². The van der Waals surface area contributed by atoms with E-state index < -0.39 is 0 Å². The summed E-state index contributed by atoms with van der Waals surface area (Å²) in [4.78, 5) is 18.3. The Labute approximate surface area is 177 Å². The molecule has 0 spiro atoms. The number of nitrogens with zero attached hydrogens (tertiary/aromatic N) is 2. The zero-order valence-corrected chi connectivity index (χ0v) is 18.2. The van der Waals surface area contributed by atoms with Gasteiger partial charge in [-0.2, -0.15) is 0 Å². The summed E-state index contributed by atoms with van der Waals surface area (Å²) in [5, 5.41) is 3.33. The number of nitrogens with one attached hydrogen (secondary N) is 1. The van der Waals surface area contributed by atoms with Crippen LogP contribution in [0.25, 0.3) is 0 Å². The molecule has 0 saturated carbocycles. The number of benzene rings is 1. The molecular formula is C20H26IN3O3. The van der Waals surface area contributed by atoms with Gasteiger partial charge >= 0.3 is 5.97 Å². The van der Waals surface area contributed by atoms with Crippen molar-refractivity contribution in [3.05, 3.63) is 59.0 Å². The number of hydrogen-bond acceptors (Lipinski definition) is 4. The van der Waals surface area contributed by atoms with Gasteiger partial charge in [-0.3, -0.25) is 4.99 Å².